The molecule has 1 N–H and O–H groups in total. The van der Waals surface area contributed by atoms with Gasteiger partial charge in [0.2, 0.25) is 0 Å². The summed E-state index contributed by atoms with van der Waals surface area (Å²) in [5, 5.41) is 4.81. The molecule has 1 aromatic heterocycles. The summed E-state index contributed by atoms with van der Waals surface area (Å²) in [7, 11) is 2.19. The molecule has 0 fully saturated rings. The maximum absolute atomic E-state index is 3.44. The fourth-order valence-electron chi connectivity index (χ4n) is 2.03. The van der Waals surface area contributed by atoms with Crippen LogP contribution >= 0.6 is 11.3 Å². The highest BCUT2D eigenvalue weighted by molar-refractivity contribution is 7.19. The van der Waals surface area contributed by atoms with Gasteiger partial charge < -0.3 is 10.2 Å². The van der Waals surface area contributed by atoms with Gasteiger partial charge in [-0.1, -0.05) is 25.1 Å². The van der Waals surface area contributed by atoms with Crippen molar-refractivity contribution in [3.63, 3.8) is 0 Å². The second kappa shape index (κ2) is 6.88. The summed E-state index contributed by atoms with van der Waals surface area (Å²) in [5.41, 5.74) is 0. The molecule has 0 aliphatic carbocycles. The van der Waals surface area contributed by atoms with Crippen LogP contribution in [-0.4, -0.2) is 31.6 Å². The van der Waals surface area contributed by atoms with Crippen molar-refractivity contribution >= 4 is 21.4 Å². The van der Waals surface area contributed by atoms with Crippen molar-refractivity contribution in [2.75, 3.05) is 26.7 Å². The summed E-state index contributed by atoms with van der Waals surface area (Å²) in [6, 6.07) is 10.9. The molecule has 98 valence electrons. The van der Waals surface area contributed by atoms with Crippen LogP contribution in [0.1, 0.15) is 18.2 Å². The van der Waals surface area contributed by atoms with Gasteiger partial charge >= 0.3 is 0 Å². The minimum absolute atomic E-state index is 1.05. The summed E-state index contributed by atoms with van der Waals surface area (Å²) < 4.78 is 1.39. The van der Waals surface area contributed by atoms with Crippen LogP contribution in [0.5, 0.6) is 0 Å². The van der Waals surface area contributed by atoms with Crippen LogP contribution in [0, 0.1) is 0 Å². The third-order valence-electron chi connectivity index (χ3n) is 3.00. The lowest BCUT2D eigenvalue weighted by atomic mass is 10.2. The van der Waals surface area contributed by atoms with Crippen LogP contribution in [0.2, 0.25) is 0 Å². The van der Waals surface area contributed by atoms with Gasteiger partial charge in [-0.05, 0) is 37.5 Å². The van der Waals surface area contributed by atoms with E-state index in [0.29, 0.717) is 0 Å². The first kappa shape index (κ1) is 13.5. The van der Waals surface area contributed by atoms with E-state index in [9.17, 15) is 0 Å². The molecular weight excluding hydrogens is 240 g/mol. The third kappa shape index (κ3) is 3.80. The van der Waals surface area contributed by atoms with Gasteiger partial charge in [-0.3, -0.25) is 0 Å². The van der Waals surface area contributed by atoms with Gasteiger partial charge in [0.05, 0.1) is 0 Å². The van der Waals surface area contributed by atoms with Gasteiger partial charge in [-0.25, -0.2) is 0 Å². The molecule has 1 heterocycles. The number of thiophene rings is 1. The predicted octanol–water partition coefficient (Wildman–Crippen LogP) is 3.33. The first-order valence-corrected chi connectivity index (χ1v) is 7.48. The Balaban J connectivity index is 1.84. The molecule has 0 bridgehead atoms. The number of nitrogens with zero attached hydrogens (tertiary/aromatic N) is 1. The second-order valence-electron chi connectivity index (χ2n) is 4.74. The Labute approximate surface area is 114 Å². The maximum Gasteiger partial charge on any atom is 0.0346 e. The number of fused-ring (bicyclic) bond motifs is 1. The summed E-state index contributed by atoms with van der Waals surface area (Å²) in [6.07, 6.45) is 1.21. The number of benzene rings is 1. The zero-order valence-electron chi connectivity index (χ0n) is 11.3. The minimum Gasteiger partial charge on any atom is -0.315 e. The summed E-state index contributed by atoms with van der Waals surface area (Å²) in [6.45, 7) is 6.56. The number of rotatable bonds is 7. The van der Waals surface area contributed by atoms with E-state index < -0.39 is 0 Å². The van der Waals surface area contributed by atoms with E-state index in [0.717, 1.165) is 26.2 Å². The molecule has 2 aromatic rings. The van der Waals surface area contributed by atoms with Crippen molar-refractivity contribution in [1.82, 2.24) is 10.2 Å². The van der Waals surface area contributed by atoms with Crippen LogP contribution < -0.4 is 5.32 Å². The number of hydrogen-bond acceptors (Lipinski definition) is 3. The van der Waals surface area contributed by atoms with Crippen LogP contribution in [-0.2, 0) is 6.54 Å². The lowest BCUT2D eigenvalue weighted by Crippen LogP contribution is -2.29. The largest absolute Gasteiger partial charge is 0.315 e. The maximum atomic E-state index is 3.44. The van der Waals surface area contributed by atoms with E-state index in [4.69, 9.17) is 0 Å². The molecule has 0 aliphatic rings. The van der Waals surface area contributed by atoms with Gasteiger partial charge in [0.1, 0.15) is 0 Å². The Kier molecular flexibility index (Phi) is 5.17. The first-order valence-electron chi connectivity index (χ1n) is 6.66. The first-order chi connectivity index (χ1) is 8.79. The van der Waals surface area contributed by atoms with Crippen molar-refractivity contribution in [2.24, 2.45) is 0 Å². The number of nitrogens with one attached hydrogen (secondary N) is 1. The smallest absolute Gasteiger partial charge is 0.0346 e. The van der Waals surface area contributed by atoms with E-state index in [1.165, 1.54) is 21.4 Å². The SMILES string of the molecule is CCCNCCN(C)Cc1cc2ccccc2s1. The summed E-state index contributed by atoms with van der Waals surface area (Å²) in [5.74, 6) is 0. The Hall–Kier alpha value is -0.900. The molecule has 1 aromatic carbocycles. The number of likely N-dealkylation sites (N-methyl/N-ethyl adjacent to an activating group) is 1. The van der Waals surface area contributed by atoms with Crippen molar-refractivity contribution < 1.29 is 0 Å². The average Bonchev–Trinajstić information content (AvgIpc) is 2.76. The fraction of sp³-hybridized carbons (Fsp3) is 0.467. The van der Waals surface area contributed by atoms with E-state index in [1.54, 1.807) is 0 Å². The standard InChI is InChI=1S/C15H22N2S/c1-3-8-16-9-10-17(2)12-14-11-13-6-4-5-7-15(13)18-14/h4-7,11,16H,3,8-10,12H2,1-2H3. The second-order valence-corrected chi connectivity index (χ2v) is 5.91. The van der Waals surface area contributed by atoms with Crippen LogP contribution in [0.25, 0.3) is 10.1 Å². The summed E-state index contributed by atoms with van der Waals surface area (Å²) >= 11 is 1.91. The number of hydrogen-bond donors (Lipinski definition) is 1. The van der Waals surface area contributed by atoms with Gasteiger partial charge in [-0.2, -0.15) is 0 Å². The molecule has 0 unspecified atom stereocenters. The highest BCUT2D eigenvalue weighted by Gasteiger charge is 2.04. The average molecular weight is 262 g/mol. The van der Waals surface area contributed by atoms with Crippen molar-refractivity contribution in [2.45, 2.75) is 19.9 Å². The van der Waals surface area contributed by atoms with Crippen molar-refractivity contribution in [1.29, 1.82) is 0 Å². The normalized spacial score (nSPS) is 11.5. The Morgan fingerprint density at radius 3 is 2.83 bits per heavy atom. The lowest BCUT2D eigenvalue weighted by Gasteiger charge is -2.15. The Morgan fingerprint density at radius 2 is 2.06 bits per heavy atom. The molecule has 0 saturated heterocycles. The highest BCUT2D eigenvalue weighted by Crippen LogP contribution is 2.25. The summed E-state index contributed by atoms with van der Waals surface area (Å²) in [4.78, 5) is 3.84. The molecule has 18 heavy (non-hydrogen) atoms. The third-order valence-corrected chi connectivity index (χ3v) is 4.10. The quantitative estimate of drug-likeness (QED) is 0.770. The molecule has 2 rings (SSSR count). The lowest BCUT2D eigenvalue weighted by molar-refractivity contribution is 0.327. The topological polar surface area (TPSA) is 15.3 Å². The molecule has 0 atom stereocenters. The minimum atomic E-state index is 1.05. The van der Waals surface area contributed by atoms with E-state index in [-0.39, 0.29) is 0 Å². The van der Waals surface area contributed by atoms with Gasteiger partial charge in [-0.15, -0.1) is 11.3 Å². The molecule has 0 aliphatic heterocycles. The van der Waals surface area contributed by atoms with E-state index in [2.05, 4.69) is 54.5 Å². The highest BCUT2D eigenvalue weighted by atomic mass is 32.1. The molecule has 3 heteroatoms. The molecule has 0 saturated carbocycles. The van der Waals surface area contributed by atoms with Gasteiger partial charge in [0.15, 0.2) is 0 Å². The zero-order chi connectivity index (χ0) is 12.8. The molecular formula is C15H22N2S. The molecule has 0 radical (unpaired) electrons. The van der Waals surface area contributed by atoms with Crippen LogP contribution in [0.4, 0.5) is 0 Å². The monoisotopic (exact) mass is 262 g/mol. The van der Waals surface area contributed by atoms with E-state index in [1.807, 2.05) is 11.3 Å². The zero-order valence-corrected chi connectivity index (χ0v) is 12.1. The van der Waals surface area contributed by atoms with Gasteiger partial charge in [0.25, 0.3) is 0 Å². The molecule has 0 spiro atoms. The molecule has 0 amide bonds. The Bertz CT molecular complexity index is 445. The molecule has 2 nitrogen and oxygen atoms in total. The van der Waals surface area contributed by atoms with E-state index >= 15 is 0 Å². The van der Waals surface area contributed by atoms with Crippen LogP contribution in [0.15, 0.2) is 30.3 Å². The predicted molar refractivity (Wildman–Crippen MR) is 81.3 cm³/mol. The van der Waals surface area contributed by atoms with Crippen molar-refractivity contribution in [3.8, 4) is 0 Å². The van der Waals surface area contributed by atoms with Gasteiger partial charge in [0, 0.05) is 29.2 Å². The van der Waals surface area contributed by atoms with Crippen molar-refractivity contribution in [3.05, 3.63) is 35.2 Å². The fourth-order valence-corrected chi connectivity index (χ4v) is 3.18. The van der Waals surface area contributed by atoms with Crippen LogP contribution in [0.3, 0.4) is 0 Å². The Morgan fingerprint density at radius 1 is 1.22 bits per heavy atom.